The number of likely N-dealkylation sites (N-methyl/N-ethyl adjacent to an activating group) is 1. The largest absolute Gasteiger partial charge is 0.380 e. The summed E-state index contributed by atoms with van der Waals surface area (Å²) in [4.78, 5) is 6.84. The summed E-state index contributed by atoms with van der Waals surface area (Å²) < 4.78 is 31.1. The first kappa shape index (κ1) is 12.5. The van der Waals surface area contributed by atoms with E-state index in [-0.39, 0.29) is 11.1 Å². The number of hydrogen-bond donors (Lipinski definition) is 1. The van der Waals surface area contributed by atoms with Crippen molar-refractivity contribution >= 4 is 10.0 Å². The topological polar surface area (TPSA) is 75.3 Å². The van der Waals surface area contributed by atoms with Crippen LogP contribution in [-0.4, -0.2) is 49.0 Å². The van der Waals surface area contributed by atoms with Gasteiger partial charge in [-0.25, -0.2) is 13.4 Å². The van der Waals surface area contributed by atoms with E-state index in [0.29, 0.717) is 25.5 Å². The lowest BCUT2D eigenvalue weighted by atomic mass is 10.3. The maximum absolute atomic E-state index is 12.2. The molecule has 96 valence electrons. The molecule has 0 aliphatic carbocycles. The normalized spacial score (nSPS) is 21.2. The predicted octanol–water partition coefficient (Wildman–Crippen LogP) is 0.382. The second-order valence-electron chi connectivity index (χ2n) is 4.09. The van der Waals surface area contributed by atoms with E-state index in [4.69, 9.17) is 4.74 Å². The van der Waals surface area contributed by atoms with Crippen molar-refractivity contribution in [1.82, 2.24) is 14.3 Å². The molecule has 6 nitrogen and oxygen atoms in total. The van der Waals surface area contributed by atoms with Gasteiger partial charge in [-0.15, -0.1) is 0 Å². The molecule has 0 amide bonds. The average Bonchev–Trinajstić information content (AvgIpc) is 2.98. The van der Waals surface area contributed by atoms with Gasteiger partial charge in [0.1, 0.15) is 5.82 Å². The van der Waals surface area contributed by atoms with E-state index >= 15 is 0 Å². The van der Waals surface area contributed by atoms with Gasteiger partial charge in [0.05, 0.1) is 18.8 Å². The standard InChI is InChI=1S/C10H17N3O3S/c1-3-9-11-6-10(12-9)17(14,15)13(2)8-4-5-16-7-8/h6,8H,3-5,7H2,1-2H3,(H,11,12). The van der Waals surface area contributed by atoms with Crippen LogP contribution in [0.2, 0.25) is 0 Å². The molecule has 1 unspecified atom stereocenters. The number of H-pyrrole nitrogens is 1. The first-order valence-electron chi connectivity index (χ1n) is 5.65. The van der Waals surface area contributed by atoms with Crippen LogP contribution in [-0.2, 0) is 21.2 Å². The average molecular weight is 259 g/mol. The molecule has 2 heterocycles. The second kappa shape index (κ2) is 4.75. The molecule has 0 bridgehead atoms. The highest BCUT2D eigenvalue weighted by Crippen LogP contribution is 2.19. The zero-order valence-electron chi connectivity index (χ0n) is 10.0. The van der Waals surface area contributed by atoms with Crippen molar-refractivity contribution in [3.8, 4) is 0 Å². The van der Waals surface area contributed by atoms with Crippen molar-refractivity contribution in [3.63, 3.8) is 0 Å². The smallest absolute Gasteiger partial charge is 0.260 e. The molecule has 1 aliphatic rings. The molecule has 1 aromatic rings. The summed E-state index contributed by atoms with van der Waals surface area (Å²) in [6, 6.07) is -0.0756. The van der Waals surface area contributed by atoms with Crippen LogP contribution in [0.4, 0.5) is 0 Å². The third-order valence-corrected chi connectivity index (χ3v) is 4.84. The number of hydrogen-bond acceptors (Lipinski definition) is 4. The van der Waals surface area contributed by atoms with Gasteiger partial charge in [0.15, 0.2) is 5.03 Å². The SMILES string of the molecule is CCc1ncc(S(=O)(=O)N(C)C2CCOC2)[nH]1. The molecule has 1 N–H and O–H groups in total. The van der Waals surface area contributed by atoms with E-state index in [9.17, 15) is 8.42 Å². The lowest BCUT2D eigenvalue weighted by Gasteiger charge is -2.21. The Bertz CT molecular complexity index is 477. The Hall–Kier alpha value is -0.920. The van der Waals surface area contributed by atoms with E-state index in [2.05, 4.69) is 9.97 Å². The zero-order valence-corrected chi connectivity index (χ0v) is 10.8. The van der Waals surface area contributed by atoms with Crippen molar-refractivity contribution in [1.29, 1.82) is 0 Å². The zero-order chi connectivity index (χ0) is 12.5. The van der Waals surface area contributed by atoms with Gasteiger partial charge in [-0.3, -0.25) is 0 Å². The molecule has 1 saturated heterocycles. The molecule has 0 radical (unpaired) electrons. The maximum atomic E-state index is 12.2. The first-order chi connectivity index (χ1) is 8.05. The molecule has 2 rings (SSSR count). The monoisotopic (exact) mass is 259 g/mol. The third kappa shape index (κ3) is 2.36. The number of aromatic nitrogens is 2. The Morgan fingerprint density at radius 3 is 2.94 bits per heavy atom. The van der Waals surface area contributed by atoms with Gasteiger partial charge < -0.3 is 9.72 Å². The Labute approximate surface area is 101 Å². The number of nitrogens with one attached hydrogen (secondary N) is 1. The van der Waals surface area contributed by atoms with Gasteiger partial charge in [-0.1, -0.05) is 6.92 Å². The van der Waals surface area contributed by atoms with Crippen LogP contribution in [0.3, 0.4) is 0 Å². The lowest BCUT2D eigenvalue weighted by Crippen LogP contribution is -2.37. The Balaban J connectivity index is 2.22. The van der Waals surface area contributed by atoms with Gasteiger partial charge in [0.2, 0.25) is 0 Å². The van der Waals surface area contributed by atoms with Gasteiger partial charge >= 0.3 is 0 Å². The molecule has 1 fully saturated rings. The maximum Gasteiger partial charge on any atom is 0.260 e. The highest BCUT2D eigenvalue weighted by atomic mass is 32.2. The molecule has 7 heteroatoms. The second-order valence-corrected chi connectivity index (χ2v) is 6.05. The Morgan fingerprint density at radius 1 is 1.65 bits per heavy atom. The minimum Gasteiger partial charge on any atom is -0.380 e. The highest BCUT2D eigenvalue weighted by Gasteiger charge is 2.31. The van der Waals surface area contributed by atoms with Crippen LogP contribution in [0.1, 0.15) is 19.2 Å². The summed E-state index contributed by atoms with van der Waals surface area (Å²) in [6.45, 7) is 3.00. The third-order valence-electron chi connectivity index (χ3n) is 3.02. The molecule has 1 aliphatic heterocycles. The summed E-state index contributed by atoms with van der Waals surface area (Å²) in [5.74, 6) is 0.680. The summed E-state index contributed by atoms with van der Waals surface area (Å²) in [7, 11) is -1.89. The van der Waals surface area contributed by atoms with Crippen molar-refractivity contribution in [2.24, 2.45) is 0 Å². The fraction of sp³-hybridized carbons (Fsp3) is 0.700. The molecule has 0 spiro atoms. The van der Waals surface area contributed by atoms with Crippen molar-refractivity contribution in [2.75, 3.05) is 20.3 Å². The summed E-state index contributed by atoms with van der Waals surface area (Å²) in [5.41, 5.74) is 0. The first-order valence-corrected chi connectivity index (χ1v) is 7.09. The van der Waals surface area contributed by atoms with Crippen molar-refractivity contribution in [2.45, 2.75) is 30.8 Å². The number of nitrogens with zero attached hydrogens (tertiary/aromatic N) is 2. The minimum absolute atomic E-state index is 0.0756. The number of sulfonamides is 1. The van der Waals surface area contributed by atoms with Crippen molar-refractivity contribution < 1.29 is 13.2 Å². The van der Waals surface area contributed by atoms with E-state index in [1.165, 1.54) is 10.5 Å². The number of imidazole rings is 1. The van der Waals surface area contributed by atoms with Crippen LogP contribution in [0.15, 0.2) is 11.2 Å². The summed E-state index contributed by atoms with van der Waals surface area (Å²) in [6.07, 6.45) is 2.80. The van der Waals surface area contributed by atoms with E-state index in [0.717, 1.165) is 6.42 Å². The molecule has 1 atom stereocenters. The van der Waals surface area contributed by atoms with E-state index in [1.807, 2.05) is 6.92 Å². The van der Waals surface area contributed by atoms with E-state index < -0.39 is 10.0 Å². The van der Waals surface area contributed by atoms with Crippen LogP contribution in [0.25, 0.3) is 0 Å². The van der Waals surface area contributed by atoms with Gasteiger partial charge in [-0.05, 0) is 6.42 Å². The fourth-order valence-corrected chi connectivity index (χ4v) is 3.12. The van der Waals surface area contributed by atoms with Crippen molar-refractivity contribution in [3.05, 3.63) is 12.0 Å². The molecule has 17 heavy (non-hydrogen) atoms. The predicted molar refractivity (Wildman–Crippen MR) is 62.1 cm³/mol. The number of aromatic amines is 1. The van der Waals surface area contributed by atoms with Gasteiger partial charge in [-0.2, -0.15) is 4.31 Å². The van der Waals surface area contributed by atoms with Crippen LogP contribution in [0, 0.1) is 0 Å². The quantitative estimate of drug-likeness (QED) is 0.848. The van der Waals surface area contributed by atoms with Gasteiger partial charge in [0, 0.05) is 20.1 Å². The summed E-state index contributed by atoms with van der Waals surface area (Å²) in [5, 5.41) is 0.156. The summed E-state index contributed by atoms with van der Waals surface area (Å²) >= 11 is 0. The highest BCUT2D eigenvalue weighted by molar-refractivity contribution is 7.89. The molecular formula is C10H17N3O3S. The fourth-order valence-electron chi connectivity index (χ4n) is 1.81. The van der Waals surface area contributed by atoms with Gasteiger partial charge in [0.25, 0.3) is 10.0 Å². The molecule has 1 aromatic heterocycles. The minimum atomic E-state index is -3.48. The lowest BCUT2D eigenvalue weighted by molar-refractivity contribution is 0.181. The van der Waals surface area contributed by atoms with E-state index in [1.54, 1.807) is 7.05 Å². The Morgan fingerprint density at radius 2 is 2.41 bits per heavy atom. The number of aryl methyl sites for hydroxylation is 1. The molecule has 0 saturated carbocycles. The Kier molecular flexibility index (Phi) is 3.50. The number of rotatable bonds is 4. The van der Waals surface area contributed by atoms with Crippen LogP contribution >= 0.6 is 0 Å². The van der Waals surface area contributed by atoms with Crippen LogP contribution in [0.5, 0.6) is 0 Å². The molecule has 0 aromatic carbocycles. The van der Waals surface area contributed by atoms with Crippen LogP contribution < -0.4 is 0 Å². The molecular weight excluding hydrogens is 242 g/mol. The number of ether oxygens (including phenoxy) is 1.